The molecule has 0 spiro atoms. The van der Waals surface area contributed by atoms with Gasteiger partial charge < -0.3 is 5.32 Å². The summed E-state index contributed by atoms with van der Waals surface area (Å²) in [6.07, 6.45) is 1.57. The Labute approximate surface area is 89.5 Å². The first-order valence-electron chi connectivity index (χ1n) is 5.04. The van der Waals surface area contributed by atoms with Crippen molar-refractivity contribution in [1.82, 2.24) is 5.32 Å². The van der Waals surface area contributed by atoms with Gasteiger partial charge in [0.1, 0.15) is 0 Å². The van der Waals surface area contributed by atoms with Crippen LogP contribution >= 0.6 is 0 Å². The van der Waals surface area contributed by atoms with Crippen molar-refractivity contribution in [3.63, 3.8) is 0 Å². The van der Waals surface area contributed by atoms with Crippen LogP contribution in [0.5, 0.6) is 0 Å². The summed E-state index contributed by atoms with van der Waals surface area (Å²) in [6, 6.07) is 6.90. The summed E-state index contributed by atoms with van der Waals surface area (Å²) in [5.74, 6) is -0.188. The molecule has 15 heavy (non-hydrogen) atoms. The number of carbonyl (C=O) groups excluding carboxylic acids is 2. The maximum Gasteiger partial charge on any atom is 0.252 e. The molecule has 0 aliphatic heterocycles. The van der Waals surface area contributed by atoms with Gasteiger partial charge in [-0.1, -0.05) is 25.1 Å². The fourth-order valence-electron chi connectivity index (χ4n) is 1.21. The lowest BCUT2D eigenvalue weighted by Crippen LogP contribution is -2.32. The van der Waals surface area contributed by atoms with Crippen LogP contribution in [0, 0.1) is 0 Å². The first-order valence-corrected chi connectivity index (χ1v) is 5.04. The summed E-state index contributed by atoms with van der Waals surface area (Å²) in [5.41, 5.74) is 0.867. The van der Waals surface area contributed by atoms with E-state index in [2.05, 4.69) is 5.32 Å². The molecule has 0 saturated carbocycles. The Bertz CT molecular complexity index is 360. The van der Waals surface area contributed by atoms with Crippen LogP contribution in [-0.2, 0) is 0 Å². The van der Waals surface area contributed by atoms with Crippen molar-refractivity contribution < 1.29 is 9.59 Å². The van der Waals surface area contributed by atoms with Gasteiger partial charge in [0.15, 0.2) is 6.29 Å². The number of nitrogens with one attached hydrogen (secondary N) is 1. The van der Waals surface area contributed by atoms with E-state index >= 15 is 0 Å². The van der Waals surface area contributed by atoms with Crippen LogP contribution in [0.15, 0.2) is 24.3 Å². The third-order valence-corrected chi connectivity index (χ3v) is 2.32. The molecule has 0 aliphatic carbocycles. The van der Waals surface area contributed by atoms with E-state index < -0.39 is 0 Å². The van der Waals surface area contributed by atoms with Crippen LogP contribution in [0.4, 0.5) is 0 Å². The van der Waals surface area contributed by atoms with E-state index in [1.807, 2.05) is 13.8 Å². The van der Waals surface area contributed by atoms with E-state index in [9.17, 15) is 9.59 Å². The molecule has 1 unspecified atom stereocenters. The highest BCUT2D eigenvalue weighted by Crippen LogP contribution is 2.06. The van der Waals surface area contributed by atoms with Gasteiger partial charge in [-0.2, -0.15) is 0 Å². The SMILES string of the molecule is CCC(C)NC(=O)c1ccccc1C=O. The highest BCUT2D eigenvalue weighted by molar-refractivity contribution is 6.01. The molecular weight excluding hydrogens is 190 g/mol. The number of rotatable bonds is 4. The van der Waals surface area contributed by atoms with E-state index in [0.717, 1.165) is 6.42 Å². The Kier molecular flexibility index (Phi) is 4.03. The largest absolute Gasteiger partial charge is 0.350 e. The molecule has 0 saturated heterocycles. The molecule has 80 valence electrons. The number of aldehydes is 1. The third-order valence-electron chi connectivity index (χ3n) is 2.32. The first-order chi connectivity index (χ1) is 7.19. The molecule has 3 nitrogen and oxygen atoms in total. The lowest BCUT2D eigenvalue weighted by molar-refractivity contribution is 0.0934. The molecule has 0 aliphatic rings. The van der Waals surface area contributed by atoms with Crippen LogP contribution in [-0.4, -0.2) is 18.2 Å². The molecule has 1 N–H and O–H groups in total. The van der Waals surface area contributed by atoms with E-state index in [1.54, 1.807) is 24.3 Å². The third kappa shape index (κ3) is 2.91. The van der Waals surface area contributed by atoms with Gasteiger partial charge in [0.25, 0.3) is 5.91 Å². The quantitative estimate of drug-likeness (QED) is 0.764. The highest BCUT2D eigenvalue weighted by Gasteiger charge is 2.11. The van der Waals surface area contributed by atoms with Gasteiger partial charge in [-0.25, -0.2) is 0 Å². The summed E-state index contributed by atoms with van der Waals surface area (Å²) >= 11 is 0. The number of amides is 1. The van der Waals surface area contributed by atoms with E-state index in [4.69, 9.17) is 0 Å². The molecule has 1 amide bonds. The predicted molar refractivity (Wildman–Crippen MR) is 59.0 cm³/mol. The molecule has 0 aromatic heterocycles. The van der Waals surface area contributed by atoms with Crippen molar-refractivity contribution in [3.8, 4) is 0 Å². The molecule has 0 heterocycles. The summed E-state index contributed by atoms with van der Waals surface area (Å²) in [4.78, 5) is 22.4. The zero-order valence-electron chi connectivity index (χ0n) is 8.99. The Hall–Kier alpha value is -1.64. The minimum absolute atomic E-state index is 0.122. The minimum atomic E-state index is -0.188. The maximum atomic E-state index is 11.7. The fourth-order valence-corrected chi connectivity index (χ4v) is 1.21. The molecule has 0 bridgehead atoms. The van der Waals surface area contributed by atoms with Crippen molar-refractivity contribution in [2.24, 2.45) is 0 Å². The van der Waals surface area contributed by atoms with Crippen molar-refractivity contribution in [2.45, 2.75) is 26.3 Å². The number of benzene rings is 1. The van der Waals surface area contributed by atoms with Crippen LogP contribution in [0.25, 0.3) is 0 Å². The topological polar surface area (TPSA) is 46.2 Å². The Balaban J connectivity index is 2.86. The second-order valence-electron chi connectivity index (χ2n) is 3.49. The van der Waals surface area contributed by atoms with E-state index in [0.29, 0.717) is 17.4 Å². The minimum Gasteiger partial charge on any atom is -0.350 e. The van der Waals surface area contributed by atoms with Gasteiger partial charge in [0.05, 0.1) is 0 Å². The van der Waals surface area contributed by atoms with Crippen LogP contribution in [0.1, 0.15) is 41.0 Å². The van der Waals surface area contributed by atoms with Gasteiger partial charge >= 0.3 is 0 Å². The van der Waals surface area contributed by atoms with Crippen molar-refractivity contribution in [2.75, 3.05) is 0 Å². The van der Waals surface area contributed by atoms with Gasteiger partial charge in [0.2, 0.25) is 0 Å². The van der Waals surface area contributed by atoms with Gasteiger partial charge in [-0.15, -0.1) is 0 Å². The molecule has 0 radical (unpaired) electrons. The van der Waals surface area contributed by atoms with Crippen LogP contribution < -0.4 is 5.32 Å². The molecule has 1 aromatic carbocycles. The second-order valence-corrected chi connectivity index (χ2v) is 3.49. The van der Waals surface area contributed by atoms with Gasteiger partial charge in [-0.3, -0.25) is 9.59 Å². The van der Waals surface area contributed by atoms with E-state index in [1.165, 1.54) is 0 Å². The highest BCUT2D eigenvalue weighted by atomic mass is 16.1. The lowest BCUT2D eigenvalue weighted by atomic mass is 10.1. The Morgan fingerprint density at radius 1 is 1.47 bits per heavy atom. The van der Waals surface area contributed by atoms with Crippen molar-refractivity contribution >= 4 is 12.2 Å². The van der Waals surface area contributed by atoms with Crippen molar-refractivity contribution in [3.05, 3.63) is 35.4 Å². The zero-order chi connectivity index (χ0) is 11.3. The molecule has 3 heteroatoms. The predicted octanol–water partition coefficient (Wildman–Crippen LogP) is 2.03. The monoisotopic (exact) mass is 205 g/mol. The second kappa shape index (κ2) is 5.29. The zero-order valence-corrected chi connectivity index (χ0v) is 8.99. The summed E-state index contributed by atoms with van der Waals surface area (Å²) in [5, 5.41) is 2.82. The summed E-state index contributed by atoms with van der Waals surface area (Å²) in [6.45, 7) is 3.93. The van der Waals surface area contributed by atoms with Gasteiger partial charge in [0, 0.05) is 17.2 Å². The molecule has 1 rings (SSSR count). The van der Waals surface area contributed by atoms with Crippen LogP contribution in [0.2, 0.25) is 0 Å². The molecule has 0 fully saturated rings. The van der Waals surface area contributed by atoms with E-state index in [-0.39, 0.29) is 11.9 Å². The average Bonchev–Trinajstić information content (AvgIpc) is 2.28. The Morgan fingerprint density at radius 2 is 2.13 bits per heavy atom. The number of carbonyl (C=O) groups is 2. The smallest absolute Gasteiger partial charge is 0.252 e. The van der Waals surface area contributed by atoms with Crippen molar-refractivity contribution in [1.29, 1.82) is 0 Å². The number of hydrogen-bond donors (Lipinski definition) is 1. The molecule has 1 atom stereocenters. The molecule has 1 aromatic rings. The Morgan fingerprint density at radius 3 is 2.73 bits per heavy atom. The summed E-state index contributed by atoms with van der Waals surface area (Å²) in [7, 11) is 0. The fraction of sp³-hybridized carbons (Fsp3) is 0.333. The first kappa shape index (κ1) is 11.4. The normalized spacial score (nSPS) is 11.9. The number of hydrogen-bond acceptors (Lipinski definition) is 2. The standard InChI is InChI=1S/C12H15NO2/c1-3-9(2)13-12(15)11-7-5-4-6-10(11)8-14/h4-9H,3H2,1-2H3,(H,13,15). The van der Waals surface area contributed by atoms with Gasteiger partial charge in [-0.05, 0) is 19.4 Å². The average molecular weight is 205 g/mol. The van der Waals surface area contributed by atoms with Crippen LogP contribution in [0.3, 0.4) is 0 Å². The maximum absolute atomic E-state index is 11.7. The lowest BCUT2D eigenvalue weighted by Gasteiger charge is -2.12. The summed E-state index contributed by atoms with van der Waals surface area (Å²) < 4.78 is 0. The molecular formula is C12H15NO2.